The lowest BCUT2D eigenvalue weighted by molar-refractivity contribution is 0.172. The van der Waals surface area contributed by atoms with Gasteiger partial charge in [0, 0.05) is 0 Å². The first-order valence-corrected chi connectivity index (χ1v) is 19.8. The molecule has 0 aromatic rings. The molecule has 0 saturated heterocycles. The Hall–Kier alpha value is 0. The van der Waals surface area contributed by atoms with Crippen LogP contribution in [0, 0.1) is 47.3 Å². The van der Waals surface area contributed by atoms with E-state index in [0.29, 0.717) is 0 Å². The van der Waals surface area contributed by atoms with Crippen molar-refractivity contribution in [2.45, 2.75) is 215 Å². The van der Waals surface area contributed by atoms with Crippen molar-refractivity contribution in [2.24, 2.45) is 47.3 Å². The number of hydrogen-bond acceptors (Lipinski definition) is 0. The molecule has 0 nitrogen and oxygen atoms in total. The van der Waals surface area contributed by atoms with Crippen molar-refractivity contribution in [1.82, 2.24) is 0 Å². The average molecular weight is 573 g/mol. The van der Waals surface area contributed by atoms with Gasteiger partial charge < -0.3 is 0 Å². The Morgan fingerprint density at radius 2 is 0.488 bits per heavy atom. The molecule has 0 aromatic carbocycles. The van der Waals surface area contributed by atoms with Crippen LogP contribution in [0.5, 0.6) is 0 Å². The Morgan fingerprint density at radius 1 is 0.220 bits per heavy atom. The Kier molecular flexibility index (Phi) is 21.2. The van der Waals surface area contributed by atoms with Crippen molar-refractivity contribution < 1.29 is 0 Å². The van der Waals surface area contributed by atoms with Crippen molar-refractivity contribution >= 4 is 0 Å². The van der Waals surface area contributed by atoms with Gasteiger partial charge in [-0.05, 0) is 66.6 Å². The van der Waals surface area contributed by atoms with Crippen molar-refractivity contribution in [3.05, 3.63) is 0 Å². The summed E-state index contributed by atoms with van der Waals surface area (Å²) in [7, 11) is 0. The van der Waals surface area contributed by atoms with Crippen LogP contribution in [-0.2, 0) is 0 Å². The van der Waals surface area contributed by atoms with Crippen LogP contribution in [0.3, 0.4) is 0 Å². The summed E-state index contributed by atoms with van der Waals surface area (Å²) < 4.78 is 0. The van der Waals surface area contributed by atoms with E-state index in [0.717, 1.165) is 47.3 Å². The van der Waals surface area contributed by atoms with Gasteiger partial charge >= 0.3 is 0 Å². The van der Waals surface area contributed by atoms with Crippen LogP contribution in [-0.4, -0.2) is 0 Å². The average Bonchev–Trinajstić information content (AvgIpc) is 3.70. The largest absolute Gasteiger partial charge is 0.0625 e. The first kappa shape index (κ1) is 37.2. The second kappa shape index (κ2) is 23.4. The number of hydrogen-bond donors (Lipinski definition) is 0. The van der Waals surface area contributed by atoms with Crippen LogP contribution < -0.4 is 0 Å². The third-order valence-electron chi connectivity index (χ3n) is 11.8. The molecule has 5 unspecified atom stereocenters. The van der Waals surface area contributed by atoms with Crippen LogP contribution in [0.2, 0.25) is 0 Å². The van der Waals surface area contributed by atoms with Crippen LogP contribution in [0.25, 0.3) is 0 Å². The van der Waals surface area contributed by atoms with Crippen molar-refractivity contribution in [3.63, 3.8) is 0 Å². The van der Waals surface area contributed by atoms with Gasteiger partial charge in [0.25, 0.3) is 0 Å². The van der Waals surface area contributed by atoms with E-state index in [1.165, 1.54) is 167 Å². The second-order valence-electron chi connectivity index (χ2n) is 16.7. The standard InChI is InChI=1S/C19H36.2C9H18.C4H8/c1-15-6-4-5-7-18(12-10-15)19-13-11-16(2)8-9-17(3)14-19;2*1-9-7-5-3-2-4-6-8-9;1-4-2-3-4/h15-19H,4-14H2,1-3H3;2*9H,2-8H2,1H3;4H,2-3H2,1H3. The molecular weight excluding hydrogens is 492 g/mol. The summed E-state index contributed by atoms with van der Waals surface area (Å²) in [5, 5.41) is 0. The molecule has 0 aromatic heterocycles. The molecule has 5 rings (SSSR count). The predicted octanol–water partition coefficient (Wildman–Crippen LogP) is 14.6. The monoisotopic (exact) mass is 573 g/mol. The Bertz CT molecular complexity index is 539. The maximum Gasteiger partial charge on any atom is -0.0383 e. The zero-order valence-corrected chi connectivity index (χ0v) is 29.7. The molecule has 0 spiro atoms. The summed E-state index contributed by atoms with van der Waals surface area (Å²) in [6, 6.07) is 0. The molecule has 41 heavy (non-hydrogen) atoms. The molecule has 0 bridgehead atoms. The molecule has 244 valence electrons. The van der Waals surface area contributed by atoms with Gasteiger partial charge in [0.1, 0.15) is 0 Å². The molecule has 5 fully saturated rings. The fourth-order valence-electron chi connectivity index (χ4n) is 8.04. The lowest BCUT2D eigenvalue weighted by Gasteiger charge is -2.34. The maximum absolute atomic E-state index is 2.51. The molecule has 5 saturated carbocycles. The first-order valence-electron chi connectivity index (χ1n) is 19.8. The lowest BCUT2D eigenvalue weighted by Crippen LogP contribution is -2.22. The van der Waals surface area contributed by atoms with E-state index in [2.05, 4.69) is 41.5 Å². The summed E-state index contributed by atoms with van der Waals surface area (Å²) >= 11 is 0. The molecule has 5 atom stereocenters. The zero-order valence-electron chi connectivity index (χ0n) is 29.7. The first-order chi connectivity index (χ1) is 19.8. The molecule has 0 amide bonds. The van der Waals surface area contributed by atoms with Gasteiger partial charge in [0.05, 0.1) is 0 Å². The van der Waals surface area contributed by atoms with Gasteiger partial charge in [0.15, 0.2) is 0 Å². The highest BCUT2D eigenvalue weighted by Gasteiger charge is 2.27. The van der Waals surface area contributed by atoms with Gasteiger partial charge in [-0.1, -0.05) is 196 Å². The van der Waals surface area contributed by atoms with Gasteiger partial charge in [-0.25, -0.2) is 0 Å². The van der Waals surface area contributed by atoms with Crippen molar-refractivity contribution in [2.75, 3.05) is 0 Å². The predicted molar refractivity (Wildman–Crippen MR) is 187 cm³/mol. The fourth-order valence-corrected chi connectivity index (χ4v) is 8.04. The summed E-state index contributed by atoms with van der Waals surface area (Å²) in [5.41, 5.74) is 0. The third kappa shape index (κ3) is 20.6. The van der Waals surface area contributed by atoms with Crippen LogP contribution in [0.1, 0.15) is 215 Å². The number of rotatable bonds is 1. The Morgan fingerprint density at radius 3 is 0.951 bits per heavy atom. The van der Waals surface area contributed by atoms with E-state index in [1.807, 2.05) is 0 Å². The van der Waals surface area contributed by atoms with E-state index >= 15 is 0 Å². The van der Waals surface area contributed by atoms with Gasteiger partial charge in [-0.2, -0.15) is 0 Å². The summed E-state index contributed by atoms with van der Waals surface area (Å²) in [6.45, 7) is 14.5. The van der Waals surface area contributed by atoms with Crippen molar-refractivity contribution in [1.29, 1.82) is 0 Å². The maximum atomic E-state index is 2.51. The van der Waals surface area contributed by atoms with Crippen LogP contribution in [0.4, 0.5) is 0 Å². The highest BCUT2D eigenvalue weighted by molar-refractivity contribution is 4.78. The molecule has 0 radical (unpaired) electrons. The minimum absolute atomic E-state index is 0.982. The molecule has 0 aliphatic heterocycles. The summed E-state index contributed by atoms with van der Waals surface area (Å²) in [4.78, 5) is 0. The smallest absolute Gasteiger partial charge is 0.0383 e. The van der Waals surface area contributed by atoms with Crippen molar-refractivity contribution in [3.8, 4) is 0 Å². The molecule has 5 aliphatic rings. The lowest BCUT2D eigenvalue weighted by atomic mass is 9.71. The van der Waals surface area contributed by atoms with E-state index in [-0.39, 0.29) is 0 Å². The summed E-state index contributed by atoms with van der Waals surface area (Å²) in [5.74, 6) is 8.20. The Labute approximate surface area is 261 Å². The van der Waals surface area contributed by atoms with Gasteiger partial charge in [-0.15, -0.1) is 0 Å². The SMILES string of the molecule is CC1CC1.CC1CCCCC(C2CCC(C)CCC(C)C2)CC1.CC1CCCCCCC1.CC1CCCCCCC1. The van der Waals surface area contributed by atoms with Crippen LogP contribution in [0.15, 0.2) is 0 Å². The highest BCUT2D eigenvalue weighted by atomic mass is 14.3. The molecule has 5 aliphatic carbocycles. The Balaban J connectivity index is 0.000000221. The van der Waals surface area contributed by atoms with E-state index < -0.39 is 0 Å². The van der Waals surface area contributed by atoms with E-state index in [4.69, 9.17) is 0 Å². The highest BCUT2D eigenvalue weighted by Crippen LogP contribution is 2.39. The van der Waals surface area contributed by atoms with E-state index in [9.17, 15) is 0 Å². The third-order valence-corrected chi connectivity index (χ3v) is 11.8. The molecule has 0 N–H and O–H groups in total. The molecule has 0 heterocycles. The second-order valence-corrected chi connectivity index (χ2v) is 16.7. The molecular formula is C41H80. The fraction of sp³-hybridized carbons (Fsp3) is 1.00. The summed E-state index contributed by atoms with van der Waals surface area (Å²) in [6.07, 6.45) is 40.4. The zero-order chi connectivity index (χ0) is 29.7. The normalized spacial score (nSPS) is 33.4. The quantitative estimate of drug-likeness (QED) is 0.293. The van der Waals surface area contributed by atoms with Crippen LogP contribution >= 0.6 is 0 Å². The minimum Gasteiger partial charge on any atom is -0.0625 e. The van der Waals surface area contributed by atoms with E-state index in [1.54, 1.807) is 6.42 Å². The van der Waals surface area contributed by atoms with Gasteiger partial charge in [-0.3, -0.25) is 0 Å². The molecule has 0 heteroatoms. The minimum atomic E-state index is 0.982. The van der Waals surface area contributed by atoms with Gasteiger partial charge in [0.2, 0.25) is 0 Å². The topological polar surface area (TPSA) is 0 Å².